The lowest BCUT2D eigenvalue weighted by Crippen LogP contribution is -2.26. The Kier molecular flexibility index (Phi) is 8.17. The van der Waals surface area contributed by atoms with Crippen molar-refractivity contribution in [1.82, 2.24) is 19.7 Å². The number of aromatic nitrogens is 3. The minimum atomic E-state index is -0.624. The molecular weight excluding hydrogens is 533 g/mol. The summed E-state index contributed by atoms with van der Waals surface area (Å²) in [7, 11) is 2.12. The largest absolute Gasteiger partial charge is 0.457 e. The molecule has 42 heavy (non-hydrogen) atoms. The lowest BCUT2D eigenvalue weighted by molar-refractivity contribution is 0.262. The van der Waals surface area contributed by atoms with E-state index in [1.165, 1.54) is 23.3 Å². The standard InChI is InChI=1S/C32H38FN7O2/c1-20(2)35-29-17-25(11-13-34-29)42-24-9-10-27(26(33)16-24)36-31(41)37-30-18-28(32(3,4)5)38-40(30)23-8-7-22-19-39(6)14-12-21(22)15-23/h7-11,13,15-18,20H,12,14,19H2,1-6H3,(H,34,35)(H2,36,37,41). The van der Waals surface area contributed by atoms with Gasteiger partial charge in [0.15, 0.2) is 0 Å². The highest BCUT2D eigenvalue weighted by Crippen LogP contribution is 2.30. The van der Waals surface area contributed by atoms with Crippen LogP contribution in [-0.2, 0) is 18.4 Å². The number of rotatable bonds is 7. The number of benzene rings is 2. The van der Waals surface area contributed by atoms with E-state index >= 15 is 4.39 Å². The molecular formula is C32H38FN7O2. The zero-order valence-corrected chi connectivity index (χ0v) is 25.0. The van der Waals surface area contributed by atoms with Gasteiger partial charge < -0.3 is 20.3 Å². The normalized spacial score (nSPS) is 13.5. The van der Waals surface area contributed by atoms with Crippen molar-refractivity contribution in [3.05, 3.63) is 83.4 Å². The molecule has 0 saturated carbocycles. The molecule has 10 heteroatoms. The summed E-state index contributed by atoms with van der Waals surface area (Å²) in [6.07, 6.45) is 2.57. The lowest BCUT2D eigenvalue weighted by Gasteiger charge is -2.25. The van der Waals surface area contributed by atoms with Crippen molar-refractivity contribution < 1.29 is 13.9 Å². The molecule has 220 valence electrons. The molecule has 1 aliphatic rings. The van der Waals surface area contributed by atoms with Crippen molar-refractivity contribution >= 4 is 23.4 Å². The van der Waals surface area contributed by atoms with Crippen LogP contribution in [0.3, 0.4) is 0 Å². The first-order valence-corrected chi connectivity index (χ1v) is 14.1. The van der Waals surface area contributed by atoms with Crippen molar-refractivity contribution in [1.29, 1.82) is 0 Å². The molecule has 0 unspecified atom stereocenters. The van der Waals surface area contributed by atoms with Crippen molar-refractivity contribution in [3.63, 3.8) is 0 Å². The number of hydrogen-bond donors (Lipinski definition) is 3. The molecule has 2 aromatic heterocycles. The molecule has 0 fully saturated rings. The molecule has 1 aliphatic heterocycles. The maximum atomic E-state index is 15.0. The van der Waals surface area contributed by atoms with Crippen LogP contribution in [0.4, 0.5) is 26.5 Å². The van der Waals surface area contributed by atoms with Crippen LogP contribution in [0.25, 0.3) is 5.69 Å². The van der Waals surface area contributed by atoms with Gasteiger partial charge in [0.25, 0.3) is 0 Å². The number of amides is 2. The molecule has 2 amide bonds. The zero-order chi connectivity index (χ0) is 30.0. The number of pyridine rings is 1. The number of nitrogens with zero attached hydrogens (tertiary/aromatic N) is 4. The van der Waals surface area contributed by atoms with Crippen LogP contribution in [0, 0.1) is 5.82 Å². The molecule has 0 aliphatic carbocycles. The van der Waals surface area contributed by atoms with Gasteiger partial charge in [0, 0.05) is 48.9 Å². The third-order valence-electron chi connectivity index (χ3n) is 6.95. The Labute approximate surface area is 246 Å². The van der Waals surface area contributed by atoms with Gasteiger partial charge in [-0.05, 0) is 68.8 Å². The number of nitrogens with one attached hydrogen (secondary N) is 3. The second-order valence-electron chi connectivity index (χ2n) is 12.0. The van der Waals surface area contributed by atoms with E-state index in [4.69, 9.17) is 9.84 Å². The molecule has 9 nitrogen and oxygen atoms in total. The molecule has 3 heterocycles. The van der Waals surface area contributed by atoms with Gasteiger partial charge in [-0.2, -0.15) is 5.10 Å². The molecule has 5 rings (SSSR count). The highest BCUT2D eigenvalue weighted by Gasteiger charge is 2.23. The average Bonchev–Trinajstić information content (AvgIpc) is 3.34. The van der Waals surface area contributed by atoms with Crippen LogP contribution in [0.1, 0.15) is 51.4 Å². The van der Waals surface area contributed by atoms with E-state index in [-0.39, 0.29) is 17.1 Å². The van der Waals surface area contributed by atoms with Gasteiger partial charge in [0.2, 0.25) is 0 Å². The number of likely N-dealkylation sites (N-methyl/N-ethyl adjacent to an activating group) is 1. The number of hydrogen-bond acceptors (Lipinski definition) is 6. The van der Waals surface area contributed by atoms with E-state index in [0.717, 1.165) is 30.9 Å². The lowest BCUT2D eigenvalue weighted by atomic mass is 9.92. The van der Waals surface area contributed by atoms with Crippen LogP contribution in [0.15, 0.2) is 60.8 Å². The summed E-state index contributed by atoms with van der Waals surface area (Å²) >= 11 is 0. The molecule has 0 bridgehead atoms. The van der Waals surface area contributed by atoms with E-state index in [1.54, 1.807) is 29.1 Å². The number of urea groups is 1. The predicted octanol–water partition coefficient (Wildman–Crippen LogP) is 6.95. The van der Waals surface area contributed by atoms with Gasteiger partial charge in [-0.15, -0.1) is 0 Å². The number of anilines is 3. The van der Waals surface area contributed by atoms with Crippen molar-refractivity contribution in [3.8, 4) is 17.2 Å². The van der Waals surface area contributed by atoms with E-state index in [0.29, 0.717) is 23.1 Å². The highest BCUT2D eigenvalue weighted by atomic mass is 19.1. The number of carbonyl (C=O) groups is 1. The first-order chi connectivity index (χ1) is 19.9. The second kappa shape index (κ2) is 11.8. The molecule has 2 aromatic carbocycles. The average molecular weight is 572 g/mol. The van der Waals surface area contributed by atoms with Crippen LogP contribution in [-0.4, -0.2) is 45.3 Å². The third-order valence-corrected chi connectivity index (χ3v) is 6.95. The van der Waals surface area contributed by atoms with Crippen molar-refractivity contribution in [2.75, 3.05) is 29.5 Å². The number of ether oxygens (including phenoxy) is 1. The SMILES string of the molecule is CC(C)Nc1cc(Oc2ccc(NC(=O)Nc3cc(C(C)(C)C)nn3-c3ccc4c(c3)CCN(C)C4)c(F)c2)ccn1. The summed E-state index contributed by atoms with van der Waals surface area (Å²) < 4.78 is 22.6. The predicted molar refractivity (Wildman–Crippen MR) is 164 cm³/mol. The van der Waals surface area contributed by atoms with Crippen molar-refractivity contribution in [2.24, 2.45) is 0 Å². The summed E-state index contributed by atoms with van der Waals surface area (Å²) in [5.41, 5.74) is 4.04. The van der Waals surface area contributed by atoms with Crippen molar-refractivity contribution in [2.45, 2.75) is 59.0 Å². The van der Waals surface area contributed by atoms with E-state index in [9.17, 15) is 4.79 Å². The van der Waals surface area contributed by atoms with Gasteiger partial charge in [-0.25, -0.2) is 18.9 Å². The van der Waals surface area contributed by atoms with E-state index in [1.807, 2.05) is 26.0 Å². The fraction of sp³-hybridized carbons (Fsp3) is 0.344. The summed E-state index contributed by atoms with van der Waals surface area (Å²) in [4.78, 5) is 19.6. The number of halogens is 1. The third kappa shape index (κ3) is 6.88. The maximum Gasteiger partial charge on any atom is 0.324 e. The Hall–Kier alpha value is -4.44. The van der Waals surface area contributed by atoms with E-state index in [2.05, 4.69) is 65.8 Å². The molecule has 0 saturated heterocycles. The quantitative estimate of drug-likeness (QED) is 0.222. The molecule has 3 N–H and O–H groups in total. The second-order valence-corrected chi connectivity index (χ2v) is 12.0. The highest BCUT2D eigenvalue weighted by molar-refractivity contribution is 5.99. The first-order valence-electron chi connectivity index (χ1n) is 14.1. The summed E-state index contributed by atoms with van der Waals surface area (Å²) in [6.45, 7) is 12.1. The number of fused-ring (bicyclic) bond motifs is 1. The minimum Gasteiger partial charge on any atom is -0.457 e. The van der Waals surface area contributed by atoms with Gasteiger partial charge in [-0.1, -0.05) is 26.8 Å². The molecule has 0 spiro atoms. The maximum absolute atomic E-state index is 15.0. The summed E-state index contributed by atoms with van der Waals surface area (Å²) in [6, 6.07) is 15.5. The zero-order valence-electron chi connectivity index (χ0n) is 25.0. The monoisotopic (exact) mass is 571 g/mol. The first kappa shape index (κ1) is 29.1. The van der Waals surface area contributed by atoms with Gasteiger partial charge in [0.1, 0.15) is 29.0 Å². The van der Waals surface area contributed by atoms with Gasteiger partial charge in [0.05, 0.1) is 17.1 Å². The Morgan fingerprint density at radius 3 is 2.52 bits per heavy atom. The molecule has 0 radical (unpaired) electrons. The molecule has 0 atom stereocenters. The smallest absolute Gasteiger partial charge is 0.324 e. The van der Waals surface area contributed by atoms with Gasteiger partial charge >= 0.3 is 6.03 Å². The van der Waals surface area contributed by atoms with Crippen LogP contribution < -0.4 is 20.7 Å². The Balaban J connectivity index is 1.32. The fourth-order valence-electron chi connectivity index (χ4n) is 4.76. The fourth-order valence-corrected chi connectivity index (χ4v) is 4.76. The summed E-state index contributed by atoms with van der Waals surface area (Å²) in [5, 5.41) is 13.5. The Bertz CT molecular complexity index is 1590. The Morgan fingerprint density at radius 2 is 1.79 bits per heavy atom. The van der Waals surface area contributed by atoms with Crippen LogP contribution in [0.2, 0.25) is 0 Å². The minimum absolute atomic E-state index is 0.0248. The van der Waals surface area contributed by atoms with Gasteiger partial charge in [-0.3, -0.25) is 5.32 Å². The van der Waals surface area contributed by atoms with Crippen LogP contribution >= 0.6 is 0 Å². The molecule has 4 aromatic rings. The summed E-state index contributed by atoms with van der Waals surface area (Å²) in [5.74, 6) is 1.35. The Morgan fingerprint density at radius 1 is 1.00 bits per heavy atom. The number of carbonyl (C=O) groups excluding carboxylic acids is 1. The van der Waals surface area contributed by atoms with Crippen LogP contribution in [0.5, 0.6) is 11.5 Å². The topological polar surface area (TPSA) is 96.3 Å². The van der Waals surface area contributed by atoms with E-state index < -0.39 is 11.8 Å².